The molecule has 0 saturated heterocycles. The molecule has 0 saturated carbocycles. The lowest BCUT2D eigenvalue weighted by atomic mass is 10.3. The predicted octanol–water partition coefficient (Wildman–Crippen LogP) is 3.21. The molecule has 0 fully saturated rings. The van der Waals surface area contributed by atoms with Crippen LogP contribution in [0.2, 0.25) is 9.36 Å². The highest BCUT2D eigenvalue weighted by atomic mass is 35.5. The highest BCUT2D eigenvalue weighted by Gasteiger charge is 2.19. The van der Waals surface area contributed by atoms with E-state index in [0.717, 1.165) is 11.5 Å². The molecule has 0 unspecified atom stereocenters. The van der Waals surface area contributed by atoms with E-state index in [4.69, 9.17) is 23.2 Å². The molecule has 1 heterocycles. The fraction of sp³-hybridized carbons (Fsp3) is 0.0909. The molecule has 21 heavy (non-hydrogen) atoms. The van der Waals surface area contributed by atoms with Crippen molar-refractivity contribution in [2.75, 3.05) is 10.0 Å². The van der Waals surface area contributed by atoms with Crippen LogP contribution in [-0.2, 0) is 14.8 Å². The van der Waals surface area contributed by atoms with Gasteiger partial charge < -0.3 is 5.32 Å². The van der Waals surface area contributed by atoms with Crippen LogP contribution in [-0.4, -0.2) is 18.7 Å². The summed E-state index contributed by atoms with van der Waals surface area (Å²) in [5.41, 5.74) is 0.496. The Morgan fingerprint density at radius 3 is 2.33 bits per heavy atom. The lowest BCUT2D eigenvalue weighted by molar-refractivity contribution is -0.114. The van der Waals surface area contributed by atoms with E-state index in [1.54, 1.807) is 0 Å². The first-order chi connectivity index (χ1) is 9.79. The second kappa shape index (κ2) is 6.18. The minimum atomic E-state index is -3.83. The van der Waals surface area contributed by atoms with E-state index < -0.39 is 10.0 Å². The van der Waals surface area contributed by atoms with E-state index in [9.17, 15) is 13.2 Å². The number of carbonyl (C=O) groups is 1. The van der Waals surface area contributed by atoms with Crippen LogP contribution in [0.3, 0.4) is 0 Å². The van der Waals surface area contributed by atoms with Gasteiger partial charge in [0, 0.05) is 12.6 Å². The van der Waals surface area contributed by atoms with Gasteiger partial charge in [-0.3, -0.25) is 9.52 Å². The number of nitrogens with zero attached hydrogens (tertiary/aromatic N) is 1. The third-order valence-corrected chi connectivity index (χ3v) is 5.28. The Morgan fingerprint density at radius 2 is 1.86 bits per heavy atom. The van der Waals surface area contributed by atoms with Crippen molar-refractivity contribution < 1.29 is 13.2 Å². The van der Waals surface area contributed by atoms with Gasteiger partial charge >= 0.3 is 0 Å². The number of halogens is 2. The SMILES string of the molecule is CC(=O)Nc1ccc(S(=O)(=O)Nc2nsc(Cl)c2Cl)cc1. The average molecular weight is 366 g/mol. The van der Waals surface area contributed by atoms with Crippen LogP contribution < -0.4 is 10.0 Å². The number of hydrogen-bond acceptors (Lipinski definition) is 5. The summed E-state index contributed by atoms with van der Waals surface area (Å²) in [6.45, 7) is 1.36. The summed E-state index contributed by atoms with van der Waals surface area (Å²) in [7, 11) is -3.83. The molecule has 0 spiro atoms. The number of benzene rings is 1. The van der Waals surface area contributed by atoms with E-state index in [-0.39, 0.29) is 26.0 Å². The maximum Gasteiger partial charge on any atom is 0.263 e. The molecule has 1 aromatic heterocycles. The van der Waals surface area contributed by atoms with Crippen molar-refractivity contribution in [1.29, 1.82) is 0 Å². The summed E-state index contributed by atoms with van der Waals surface area (Å²) < 4.78 is 30.6. The molecular weight excluding hydrogens is 357 g/mol. The molecule has 0 aliphatic carbocycles. The highest BCUT2D eigenvalue weighted by Crippen LogP contribution is 2.34. The van der Waals surface area contributed by atoms with Crippen LogP contribution in [0.5, 0.6) is 0 Å². The molecule has 2 aromatic rings. The van der Waals surface area contributed by atoms with Gasteiger partial charge in [-0.15, -0.1) is 0 Å². The topological polar surface area (TPSA) is 88.2 Å². The van der Waals surface area contributed by atoms with E-state index in [1.807, 2.05) is 0 Å². The average Bonchev–Trinajstić information content (AvgIpc) is 2.70. The molecule has 6 nitrogen and oxygen atoms in total. The van der Waals surface area contributed by atoms with Gasteiger partial charge in [-0.25, -0.2) is 8.42 Å². The zero-order valence-corrected chi connectivity index (χ0v) is 13.7. The quantitative estimate of drug-likeness (QED) is 0.870. The number of nitrogens with one attached hydrogen (secondary N) is 2. The van der Waals surface area contributed by atoms with Gasteiger partial charge in [-0.1, -0.05) is 23.2 Å². The molecule has 0 aliphatic rings. The normalized spacial score (nSPS) is 11.2. The van der Waals surface area contributed by atoms with E-state index >= 15 is 0 Å². The van der Waals surface area contributed by atoms with E-state index in [1.165, 1.54) is 31.2 Å². The number of sulfonamides is 1. The maximum atomic E-state index is 12.2. The zero-order valence-electron chi connectivity index (χ0n) is 10.6. The molecule has 1 aromatic carbocycles. The third-order valence-electron chi connectivity index (χ3n) is 2.31. The Balaban J connectivity index is 2.23. The number of amides is 1. The summed E-state index contributed by atoms with van der Waals surface area (Å²) >= 11 is 12.4. The smallest absolute Gasteiger partial charge is 0.263 e. The predicted molar refractivity (Wildman–Crippen MR) is 83.7 cm³/mol. The summed E-state index contributed by atoms with van der Waals surface area (Å²) in [5.74, 6) is -0.259. The molecule has 112 valence electrons. The van der Waals surface area contributed by atoms with E-state index in [2.05, 4.69) is 14.4 Å². The van der Waals surface area contributed by atoms with Crippen molar-refractivity contribution in [2.45, 2.75) is 11.8 Å². The van der Waals surface area contributed by atoms with Gasteiger partial charge in [0.15, 0.2) is 5.82 Å². The van der Waals surface area contributed by atoms with Crippen molar-refractivity contribution in [1.82, 2.24) is 4.37 Å². The lowest BCUT2D eigenvalue weighted by Gasteiger charge is -2.07. The standard InChI is InChI=1S/C11H9Cl2N3O3S2/c1-6(17)14-7-2-4-8(5-3-7)21(18,19)16-11-9(12)10(13)20-15-11/h2-5H,1H3,(H,14,17)(H,15,16). The second-order valence-electron chi connectivity index (χ2n) is 3.93. The van der Waals surface area contributed by atoms with Crippen molar-refractivity contribution in [3.63, 3.8) is 0 Å². The zero-order chi connectivity index (χ0) is 15.6. The molecule has 2 rings (SSSR count). The molecular formula is C11H9Cl2N3O3S2. The minimum Gasteiger partial charge on any atom is -0.326 e. The maximum absolute atomic E-state index is 12.2. The van der Waals surface area contributed by atoms with Gasteiger partial charge in [-0.2, -0.15) is 4.37 Å². The van der Waals surface area contributed by atoms with Crippen molar-refractivity contribution in [2.24, 2.45) is 0 Å². The Hall–Kier alpha value is -1.35. The third kappa shape index (κ3) is 3.85. The molecule has 0 bridgehead atoms. The lowest BCUT2D eigenvalue weighted by Crippen LogP contribution is -2.13. The van der Waals surface area contributed by atoms with Gasteiger partial charge in [0.1, 0.15) is 9.36 Å². The Kier molecular flexibility index (Phi) is 4.72. The summed E-state index contributed by atoms with van der Waals surface area (Å²) in [6, 6.07) is 5.67. The van der Waals surface area contributed by atoms with Gasteiger partial charge in [0.2, 0.25) is 5.91 Å². The first-order valence-corrected chi connectivity index (χ1v) is 8.52. The first-order valence-electron chi connectivity index (χ1n) is 5.51. The van der Waals surface area contributed by atoms with Crippen molar-refractivity contribution >= 4 is 62.2 Å². The summed E-state index contributed by atoms with van der Waals surface area (Å²) in [4.78, 5) is 10.9. The van der Waals surface area contributed by atoms with E-state index in [0.29, 0.717) is 5.69 Å². The number of aromatic nitrogens is 1. The van der Waals surface area contributed by atoms with Crippen LogP contribution in [0.4, 0.5) is 11.5 Å². The molecule has 0 radical (unpaired) electrons. The molecule has 0 aliphatic heterocycles. The first kappa shape index (κ1) is 16.0. The van der Waals surface area contributed by atoms with Crippen LogP contribution in [0.25, 0.3) is 0 Å². The fourth-order valence-corrected chi connectivity index (χ4v) is 3.48. The summed E-state index contributed by atoms with van der Waals surface area (Å²) in [5, 5.41) is 2.60. The molecule has 2 N–H and O–H groups in total. The van der Waals surface area contributed by atoms with Crippen LogP contribution in [0, 0.1) is 0 Å². The largest absolute Gasteiger partial charge is 0.326 e. The van der Waals surface area contributed by atoms with Crippen molar-refractivity contribution in [3.05, 3.63) is 33.6 Å². The number of hydrogen-bond donors (Lipinski definition) is 2. The Labute approximate surface area is 135 Å². The van der Waals surface area contributed by atoms with Crippen LogP contribution in [0.1, 0.15) is 6.92 Å². The number of rotatable bonds is 4. The van der Waals surface area contributed by atoms with Crippen LogP contribution in [0.15, 0.2) is 29.2 Å². The van der Waals surface area contributed by atoms with Gasteiger partial charge in [-0.05, 0) is 35.8 Å². The van der Waals surface area contributed by atoms with Crippen molar-refractivity contribution in [3.8, 4) is 0 Å². The summed E-state index contributed by atoms with van der Waals surface area (Å²) in [6.07, 6.45) is 0. The number of carbonyl (C=O) groups excluding carboxylic acids is 1. The van der Waals surface area contributed by atoms with Gasteiger partial charge in [0.25, 0.3) is 10.0 Å². The second-order valence-corrected chi connectivity index (χ2v) is 7.37. The molecule has 10 heteroatoms. The highest BCUT2D eigenvalue weighted by molar-refractivity contribution is 7.92. The molecule has 0 atom stereocenters. The molecule has 1 amide bonds. The minimum absolute atomic E-state index is 0.0109. The monoisotopic (exact) mass is 365 g/mol. The van der Waals surface area contributed by atoms with Crippen LogP contribution >= 0.6 is 34.7 Å². The Bertz CT molecular complexity index is 773. The Morgan fingerprint density at radius 1 is 1.24 bits per heavy atom. The fourth-order valence-electron chi connectivity index (χ4n) is 1.43. The van der Waals surface area contributed by atoms with Gasteiger partial charge in [0.05, 0.1) is 4.90 Å². The number of anilines is 2.